The molecule has 0 unspecified atom stereocenters. The zero-order chi connectivity index (χ0) is 25.0. The lowest BCUT2D eigenvalue weighted by Crippen LogP contribution is -2.40. The maximum atomic E-state index is 13.5. The van der Waals surface area contributed by atoms with E-state index in [1.54, 1.807) is 17.0 Å². The molecule has 0 atom stereocenters. The maximum Gasteiger partial charge on any atom is 0.321 e. The van der Waals surface area contributed by atoms with Crippen LogP contribution in [0.5, 0.6) is 0 Å². The molecular weight excluding hydrogens is 441 g/mol. The minimum atomic E-state index is -0.415. The molecule has 0 spiro atoms. The first-order valence-electron chi connectivity index (χ1n) is 12.1. The van der Waals surface area contributed by atoms with E-state index < -0.39 is 5.82 Å². The smallest absolute Gasteiger partial charge is 0.321 e. The molecule has 0 heterocycles. The van der Waals surface area contributed by atoms with Crippen molar-refractivity contribution in [2.24, 2.45) is 5.92 Å². The molecule has 2 N–H and O–H groups in total. The molecule has 0 aliphatic carbocycles. The number of urea groups is 1. The molecule has 3 amide bonds. The van der Waals surface area contributed by atoms with Gasteiger partial charge in [-0.2, -0.15) is 0 Å². The van der Waals surface area contributed by atoms with Gasteiger partial charge in [0.15, 0.2) is 0 Å². The van der Waals surface area contributed by atoms with Crippen molar-refractivity contribution in [2.45, 2.75) is 32.6 Å². The second kappa shape index (κ2) is 13.3. The van der Waals surface area contributed by atoms with Crippen molar-refractivity contribution in [3.8, 4) is 0 Å². The number of carbonyl (C=O) groups excluding carboxylic acids is 2. The van der Waals surface area contributed by atoms with Crippen LogP contribution in [-0.4, -0.2) is 36.5 Å². The van der Waals surface area contributed by atoms with Crippen LogP contribution in [0.3, 0.4) is 0 Å². The van der Waals surface area contributed by atoms with E-state index in [1.165, 1.54) is 23.3 Å². The predicted octanol–water partition coefficient (Wildman–Crippen LogP) is 6.04. The van der Waals surface area contributed by atoms with Gasteiger partial charge in [0, 0.05) is 37.7 Å². The molecule has 3 aromatic rings. The Morgan fingerprint density at radius 2 is 1.51 bits per heavy atom. The van der Waals surface area contributed by atoms with Gasteiger partial charge >= 0.3 is 6.03 Å². The Hall–Kier alpha value is -3.67. The number of nitrogens with one attached hydrogen (secondary N) is 2. The summed E-state index contributed by atoms with van der Waals surface area (Å²) in [6, 6.07) is 26.0. The zero-order valence-corrected chi connectivity index (χ0v) is 20.4. The van der Waals surface area contributed by atoms with Crippen LogP contribution < -0.4 is 10.6 Å². The van der Waals surface area contributed by atoms with Gasteiger partial charge in [0.1, 0.15) is 5.82 Å². The number of hydrogen-bond acceptors (Lipinski definition) is 2. The highest BCUT2D eigenvalue weighted by atomic mass is 19.1. The summed E-state index contributed by atoms with van der Waals surface area (Å²) in [4.78, 5) is 26.9. The summed E-state index contributed by atoms with van der Waals surface area (Å²) < 4.78 is 13.5. The molecule has 0 saturated heterocycles. The lowest BCUT2D eigenvalue weighted by Gasteiger charge is -2.25. The van der Waals surface area contributed by atoms with E-state index in [4.69, 9.17) is 0 Å². The van der Waals surface area contributed by atoms with Gasteiger partial charge in [0.05, 0.1) is 0 Å². The van der Waals surface area contributed by atoms with Crippen molar-refractivity contribution in [2.75, 3.05) is 25.0 Å². The number of rotatable bonds is 11. The molecule has 3 rings (SSSR count). The fourth-order valence-corrected chi connectivity index (χ4v) is 4.06. The van der Waals surface area contributed by atoms with E-state index in [9.17, 15) is 14.0 Å². The number of hydrogen-bond donors (Lipinski definition) is 2. The summed E-state index contributed by atoms with van der Waals surface area (Å²) in [5.41, 5.74) is 2.82. The molecule has 0 saturated carbocycles. The average Bonchev–Trinajstić information content (AvgIpc) is 2.85. The first-order valence-corrected chi connectivity index (χ1v) is 12.1. The first-order chi connectivity index (χ1) is 16.9. The minimum absolute atomic E-state index is 0.0998. The Bertz CT molecular complexity index is 1030. The topological polar surface area (TPSA) is 61.4 Å². The van der Waals surface area contributed by atoms with E-state index in [0.717, 1.165) is 6.42 Å². The number of halogens is 1. The molecular formula is C29H34FN3O2. The number of anilines is 1. The van der Waals surface area contributed by atoms with E-state index in [1.807, 2.05) is 50.2 Å². The standard InChI is InChI=1S/C29H34FN3O2/c1-22(2)21-33(29(35)32-26-15-9-14-25(30)20-26)19-17-28(34)31-18-16-27(23-10-5-3-6-11-23)24-12-7-4-8-13-24/h3-15,20,22,27H,16-19,21H2,1-2H3,(H,31,34)(H,32,35). The summed E-state index contributed by atoms with van der Waals surface area (Å²) in [6.45, 7) is 5.34. The van der Waals surface area contributed by atoms with E-state index in [0.29, 0.717) is 18.8 Å². The van der Waals surface area contributed by atoms with Gasteiger partial charge < -0.3 is 15.5 Å². The van der Waals surface area contributed by atoms with Crippen molar-refractivity contribution < 1.29 is 14.0 Å². The molecule has 0 radical (unpaired) electrons. The number of carbonyl (C=O) groups is 2. The van der Waals surface area contributed by atoms with Crippen LogP contribution in [0.15, 0.2) is 84.9 Å². The van der Waals surface area contributed by atoms with Crippen LogP contribution in [0.25, 0.3) is 0 Å². The largest absolute Gasteiger partial charge is 0.356 e. The number of benzene rings is 3. The Morgan fingerprint density at radius 3 is 2.09 bits per heavy atom. The predicted molar refractivity (Wildman–Crippen MR) is 139 cm³/mol. The maximum absolute atomic E-state index is 13.5. The van der Waals surface area contributed by atoms with E-state index in [2.05, 4.69) is 34.9 Å². The molecule has 35 heavy (non-hydrogen) atoms. The summed E-state index contributed by atoms with van der Waals surface area (Å²) in [5, 5.41) is 5.73. The van der Waals surface area contributed by atoms with E-state index >= 15 is 0 Å². The highest BCUT2D eigenvalue weighted by molar-refractivity contribution is 5.89. The summed E-state index contributed by atoms with van der Waals surface area (Å²) >= 11 is 0. The number of nitrogens with zero attached hydrogens (tertiary/aromatic N) is 1. The highest BCUT2D eigenvalue weighted by Gasteiger charge is 2.18. The molecule has 0 aliphatic rings. The SMILES string of the molecule is CC(C)CN(CCC(=O)NCCC(c1ccccc1)c1ccccc1)C(=O)Nc1cccc(F)c1. The van der Waals surface area contributed by atoms with Crippen LogP contribution in [0.4, 0.5) is 14.9 Å². The molecule has 3 aromatic carbocycles. The van der Waals surface area contributed by atoms with Gasteiger partial charge in [-0.3, -0.25) is 4.79 Å². The molecule has 0 aromatic heterocycles. The monoisotopic (exact) mass is 475 g/mol. The number of amides is 3. The van der Waals surface area contributed by atoms with Gasteiger partial charge in [-0.15, -0.1) is 0 Å². The fraction of sp³-hybridized carbons (Fsp3) is 0.310. The van der Waals surface area contributed by atoms with Crippen LogP contribution in [-0.2, 0) is 4.79 Å². The van der Waals surface area contributed by atoms with Crippen molar-refractivity contribution >= 4 is 17.6 Å². The zero-order valence-electron chi connectivity index (χ0n) is 20.4. The summed E-state index contributed by atoms with van der Waals surface area (Å²) in [7, 11) is 0. The Balaban J connectivity index is 1.53. The third-order valence-electron chi connectivity index (χ3n) is 5.72. The van der Waals surface area contributed by atoms with Gasteiger partial charge in [0.25, 0.3) is 0 Å². The third kappa shape index (κ3) is 8.56. The molecule has 6 heteroatoms. The van der Waals surface area contributed by atoms with Crippen LogP contribution in [0, 0.1) is 11.7 Å². The second-order valence-corrected chi connectivity index (χ2v) is 9.04. The van der Waals surface area contributed by atoms with Crippen molar-refractivity contribution in [1.82, 2.24) is 10.2 Å². The fourth-order valence-electron chi connectivity index (χ4n) is 4.06. The van der Waals surface area contributed by atoms with Crippen LogP contribution in [0.1, 0.15) is 43.7 Å². The van der Waals surface area contributed by atoms with Crippen LogP contribution >= 0.6 is 0 Å². The Morgan fingerprint density at radius 1 is 0.886 bits per heavy atom. The normalized spacial score (nSPS) is 10.9. The summed E-state index contributed by atoms with van der Waals surface area (Å²) in [6.07, 6.45) is 0.972. The van der Waals surface area contributed by atoms with Gasteiger partial charge in [-0.25, -0.2) is 9.18 Å². The molecule has 184 valence electrons. The third-order valence-corrected chi connectivity index (χ3v) is 5.72. The average molecular weight is 476 g/mol. The van der Waals surface area contributed by atoms with Gasteiger partial charge in [0.2, 0.25) is 5.91 Å². The molecule has 5 nitrogen and oxygen atoms in total. The quantitative estimate of drug-likeness (QED) is 0.355. The van der Waals surface area contributed by atoms with Crippen molar-refractivity contribution in [1.29, 1.82) is 0 Å². The summed E-state index contributed by atoms with van der Waals surface area (Å²) in [5.74, 6) is -0.0971. The molecule has 0 fully saturated rings. The lowest BCUT2D eigenvalue weighted by molar-refractivity contribution is -0.121. The molecule has 0 bridgehead atoms. The highest BCUT2D eigenvalue weighted by Crippen LogP contribution is 2.27. The van der Waals surface area contributed by atoms with Gasteiger partial charge in [-0.1, -0.05) is 80.6 Å². The first kappa shape index (κ1) is 25.9. The molecule has 0 aliphatic heterocycles. The lowest BCUT2D eigenvalue weighted by atomic mass is 9.88. The van der Waals surface area contributed by atoms with Crippen molar-refractivity contribution in [3.05, 3.63) is 102 Å². The minimum Gasteiger partial charge on any atom is -0.356 e. The second-order valence-electron chi connectivity index (χ2n) is 9.04. The van der Waals surface area contributed by atoms with Gasteiger partial charge in [-0.05, 0) is 41.7 Å². The Labute approximate surface area is 207 Å². The van der Waals surface area contributed by atoms with Crippen LogP contribution in [0.2, 0.25) is 0 Å². The Kier molecular flexibility index (Phi) is 9.84. The van der Waals surface area contributed by atoms with Crippen molar-refractivity contribution in [3.63, 3.8) is 0 Å². The van der Waals surface area contributed by atoms with E-state index in [-0.39, 0.29) is 36.7 Å².